The number of carbonyl (C=O) groups is 3. The second-order valence-electron chi connectivity index (χ2n) is 9.44. The second kappa shape index (κ2) is 17.2. The SMILES string of the molecule is C.COC(CC(C)=O)CC1CCCCC1.COC(CC1CCCCC1)C(C(C)=O)C(=O)O.[2HH]. The first-order valence-electron chi connectivity index (χ1n) is 12.1. The monoisotopic (exact) mass is 459 g/mol. The number of carboxylic acid groups (broad SMARTS) is 1. The Morgan fingerprint density at radius 3 is 1.66 bits per heavy atom. The average molecular weight is 460 g/mol. The highest BCUT2D eigenvalue weighted by Crippen LogP contribution is 2.30. The summed E-state index contributed by atoms with van der Waals surface area (Å²) in [4.78, 5) is 33.4. The summed E-state index contributed by atoms with van der Waals surface area (Å²) < 4.78 is 10.6. The van der Waals surface area contributed by atoms with Gasteiger partial charge in [-0.3, -0.25) is 14.4 Å². The minimum absolute atomic E-state index is 0. The number of ether oxygens (including phenoxy) is 2. The van der Waals surface area contributed by atoms with E-state index in [9.17, 15) is 14.4 Å². The highest BCUT2D eigenvalue weighted by molar-refractivity contribution is 5.97. The Morgan fingerprint density at radius 2 is 1.31 bits per heavy atom. The molecule has 0 aromatic carbocycles. The van der Waals surface area contributed by atoms with E-state index < -0.39 is 18.0 Å². The van der Waals surface area contributed by atoms with Gasteiger partial charge in [0.25, 0.3) is 0 Å². The molecule has 2 saturated carbocycles. The Labute approximate surface area is 197 Å². The molecule has 2 aliphatic carbocycles. The third-order valence-electron chi connectivity index (χ3n) is 6.84. The zero-order valence-corrected chi connectivity index (χ0v) is 20.1. The molecular weight excluding hydrogens is 408 g/mol. The molecule has 190 valence electrons. The summed E-state index contributed by atoms with van der Waals surface area (Å²) in [6, 6.07) is 0. The molecule has 6 heteroatoms. The summed E-state index contributed by atoms with van der Waals surface area (Å²) in [7, 11) is 3.21. The van der Waals surface area contributed by atoms with Gasteiger partial charge in [0.15, 0.2) is 0 Å². The molecule has 0 spiro atoms. The van der Waals surface area contributed by atoms with Crippen molar-refractivity contribution in [1.82, 2.24) is 0 Å². The van der Waals surface area contributed by atoms with E-state index in [1.54, 1.807) is 14.0 Å². The van der Waals surface area contributed by atoms with E-state index in [-0.39, 0.29) is 26.5 Å². The van der Waals surface area contributed by atoms with E-state index in [0.29, 0.717) is 18.8 Å². The molecule has 0 aromatic rings. The van der Waals surface area contributed by atoms with Crippen LogP contribution in [0.5, 0.6) is 0 Å². The number of carbonyl (C=O) groups excluding carboxylic acids is 2. The number of carboxylic acids is 1. The smallest absolute Gasteiger partial charge is 0.316 e. The number of ketones is 2. The molecule has 3 unspecified atom stereocenters. The first-order chi connectivity index (χ1) is 14.8. The molecule has 6 nitrogen and oxygen atoms in total. The van der Waals surface area contributed by atoms with Gasteiger partial charge >= 0.3 is 5.97 Å². The van der Waals surface area contributed by atoms with Crippen molar-refractivity contribution in [2.24, 2.45) is 17.8 Å². The third-order valence-corrected chi connectivity index (χ3v) is 6.84. The van der Waals surface area contributed by atoms with Gasteiger partial charge in [-0.2, -0.15) is 0 Å². The molecule has 2 fully saturated rings. The van der Waals surface area contributed by atoms with Crippen LogP contribution in [-0.4, -0.2) is 49.1 Å². The average Bonchev–Trinajstić information content (AvgIpc) is 2.74. The number of hydrogen-bond acceptors (Lipinski definition) is 5. The van der Waals surface area contributed by atoms with Crippen LogP contribution in [0.3, 0.4) is 0 Å². The van der Waals surface area contributed by atoms with Crippen molar-refractivity contribution >= 4 is 17.5 Å². The van der Waals surface area contributed by atoms with Crippen molar-refractivity contribution in [1.29, 1.82) is 0 Å². The van der Waals surface area contributed by atoms with Crippen molar-refractivity contribution in [2.45, 2.75) is 117 Å². The van der Waals surface area contributed by atoms with Crippen molar-refractivity contribution < 1.29 is 30.4 Å². The fraction of sp³-hybridized carbons (Fsp3) is 0.885. The highest BCUT2D eigenvalue weighted by Gasteiger charge is 2.34. The van der Waals surface area contributed by atoms with Crippen LogP contribution in [0, 0.1) is 17.8 Å². The van der Waals surface area contributed by atoms with Gasteiger partial charge in [-0.1, -0.05) is 71.6 Å². The summed E-state index contributed by atoms with van der Waals surface area (Å²) in [5, 5.41) is 9.07. The highest BCUT2D eigenvalue weighted by atomic mass is 16.5. The van der Waals surface area contributed by atoms with Gasteiger partial charge in [-0.05, 0) is 38.5 Å². The Kier molecular flexibility index (Phi) is 16.6. The molecule has 1 N–H and O–H groups in total. The van der Waals surface area contributed by atoms with Crippen molar-refractivity contribution in [3.63, 3.8) is 0 Å². The molecule has 0 aliphatic heterocycles. The summed E-state index contributed by atoms with van der Waals surface area (Å²) in [5.74, 6) is -0.849. The van der Waals surface area contributed by atoms with E-state index in [2.05, 4.69) is 0 Å². The normalized spacial score (nSPS) is 20.1. The maximum absolute atomic E-state index is 11.4. The van der Waals surface area contributed by atoms with E-state index in [1.807, 2.05) is 0 Å². The van der Waals surface area contributed by atoms with Crippen LogP contribution in [-0.2, 0) is 23.9 Å². The van der Waals surface area contributed by atoms with Crippen LogP contribution in [0.1, 0.15) is 106 Å². The first kappa shape index (κ1) is 30.7. The van der Waals surface area contributed by atoms with Gasteiger partial charge in [0, 0.05) is 22.1 Å². The van der Waals surface area contributed by atoms with Crippen molar-refractivity contribution in [3.8, 4) is 0 Å². The van der Waals surface area contributed by atoms with Crippen LogP contribution in [0.25, 0.3) is 0 Å². The lowest BCUT2D eigenvalue weighted by Gasteiger charge is -2.28. The maximum Gasteiger partial charge on any atom is 0.316 e. The summed E-state index contributed by atoms with van der Waals surface area (Å²) in [5.41, 5.74) is 0. The topological polar surface area (TPSA) is 89.9 Å². The molecule has 3 atom stereocenters. The Bertz CT molecular complexity index is 527. The van der Waals surface area contributed by atoms with Gasteiger partial charge in [0.1, 0.15) is 17.5 Å². The van der Waals surface area contributed by atoms with Crippen LogP contribution < -0.4 is 0 Å². The lowest BCUT2D eigenvalue weighted by atomic mass is 9.82. The number of hydrogen-bond donors (Lipinski definition) is 1. The largest absolute Gasteiger partial charge is 0.481 e. The molecule has 0 aromatic heterocycles. The quantitative estimate of drug-likeness (QED) is 0.376. The van der Waals surface area contributed by atoms with Gasteiger partial charge in [0.2, 0.25) is 0 Å². The van der Waals surface area contributed by atoms with Crippen molar-refractivity contribution in [2.75, 3.05) is 14.2 Å². The second-order valence-corrected chi connectivity index (χ2v) is 9.44. The van der Waals surface area contributed by atoms with Crippen LogP contribution in [0.4, 0.5) is 0 Å². The molecule has 0 saturated heterocycles. The van der Waals surface area contributed by atoms with Crippen LogP contribution in [0.2, 0.25) is 0 Å². The van der Waals surface area contributed by atoms with E-state index in [4.69, 9.17) is 14.6 Å². The van der Waals surface area contributed by atoms with Gasteiger partial charge < -0.3 is 14.6 Å². The summed E-state index contributed by atoms with van der Waals surface area (Å²) in [6.45, 7) is 2.97. The minimum atomic E-state index is -1.07. The summed E-state index contributed by atoms with van der Waals surface area (Å²) >= 11 is 0. The van der Waals surface area contributed by atoms with Gasteiger partial charge in [-0.15, -0.1) is 0 Å². The number of rotatable bonds is 11. The Balaban J connectivity index is 0. The molecule has 2 rings (SSSR count). The lowest BCUT2D eigenvalue weighted by Crippen LogP contribution is -2.36. The minimum Gasteiger partial charge on any atom is -0.481 e. The van der Waals surface area contributed by atoms with Crippen LogP contribution >= 0.6 is 0 Å². The van der Waals surface area contributed by atoms with E-state index in [1.165, 1.54) is 65.4 Å². The molecular formula is C26H50O6. The molecule has 32 heavy (non-hydrogen) atoms. The number of methoxy groups -OCH3 is 2. The zero-order chi connectivity index (χ0) is 23.2. The number of Topliss-reactive ketones (excluding diaryl/α,β-unsaturated/α-hetero) is 2. The zero-order valence-electron chi connectivity index (χ0n) is 20.1. The molecule has 0 amide bonds. The first-order valence-corrected chi connectivity index (χ1v) is 12.1. The standard InChI is InChI=1S/C13H22O4.C12H22O2.CH4.H2/c1-9(14)12(13(15)16)11(17-2)8-10-6-4-3-5-7-10;1-10(13)8-12(14-2)9-11-6-4-3-5-7-11;;/h10-12H,3-8H2,1-2H3,(H,15,16);11-12H,3-9H2,1-2H3;1H4;1H/i;;;1+1. The number of aliphatic carboxylic acids is 1. The molecule has 2 aliphatic rings. The molecule has 0 bridgehead atoms. The lowest BCUT2D eigenvalue weighted by molar-refractivity contribution is -0.152. The fourth-order valence-corrected chi connectivity index (χ4v) is 5.09. The van der Waals surface area contributed by atoms with E-state index in [0.717, 1.165) is 25.2 Å². The van der Waals surface area contributed by atoms with Crippen molar-refractivity contribution in [3.05, 3.63) is 0 Å². The van der Waals surface area contributed by atoms with Gasteiger partial charge in [0.05, 0.1) is 12.2 Å². The fourth-order valence-electron chi connectivity index (χ4n) is 5.09. The predicted octanol–water partition coefficient (Wildman–Crippen LogP) is 6.09. The summed E-state index contributed by atoms with van der Waals surface area (Å²) in [6.07, 6.45) is 14.8. The maximum atomic E-state index is 11.4. The predicted molar refractivity (Wildman–Crippen MR) is 130 cm³/mol. The van der Waals surface area contributed by atoms with E-state index >= 15 is 0 Å². The third kappa shape index (κ3) is 12.1. The Morgan fingerprint density at radius 1 is 0.844 bits per heavy atom. The van der Waals surface area contributed by atoms with Gasteiger partial charge in [-0.25, -0.2) is 0 Å². The Hall–Kier alpha value is -1.27. The molecule has 0 radical (unpaired) electrons. The van der Waals surface area contributed by atoms with Crippen LogP contribution in [0.15, 0.2) is 0 Å². The molecule has 0 heterocycles.